The van der Waals surface area contributed by atoms with Gasteiger partial charge >= 0.3 is 0 Å². The van der Waals surface area contributed by atoms with Gasteiger partial charge in [-0.2, -0.15) is 0 Å². The quantitative estimate of drug-likeness (QED) is 0.674. The zero-order chi connectivity index (χ0) is 16.9. The molecule has 0 aliphatic carbocycles. The van der Waals surface area contributed by atoms with Crippen molar-refractivity contribution >= 4 is 22.1 Å². The summed E-state index contributed by atoms with van der Waals surface area (Å²) in [5, 5.41) is -0.673. The average molecular weight is 168 g/mol. The van der Waals surface area contributed by atoms with Crippen LogP contribution in [0.25, 0.3) is 10.8 Å². The van der Waals surface area contributed by atoms with E-state index in [1.165, 1.54) is 0 Å². The molecule has 60 valence electrons. The third-order valence-electron chi connectivity index (χ3n) is 1.46. The molecule has 0 bridgehead atoms. The number of hydrogen-bond acceptors (Lipinski definition) is 2. The van der Waals surface area contributed by atoms with Crippen molar-refractivity contribution in [2.24, 2.45) is 0 Å². The van der Waals surface area contributed by atoms with Crippen molar-refractivity contribution in [1.82, 2.24) is 0 Å². The zero-order valence-corrected chi connectivity index (χ0v) is 5.89. The number of anilines is 2. The molecule has 2 nitrogen and oxygen atoms in total. The molecular formula is C10H10N2. The van der Waals surface area contributed by atoms with E-state index in [0.29, 0.717) is 0 Å². The number of hydrogen-bond donors (Lipinski definition) is 2. The van der Waals surface area contributed by atoms with Gasteiger partial charge in [0.05, 0.1) is 8.22 Å². The molecule has 0 spiro atoms. The average Bonchev–Trinajstić information content (AvgIpc) is 2.41. The molecule has 2 rings (SSSR count). The Morgan fingerprint density at radius 1 is 1.00 bits per heavy atom. The zero-order valence-electron chi connectivity index (χ0n) is 15.9. The van der Waals surface area contributed by atoms with Crippen LogP contribution in [-0.4, -0.2) is 0 Å². The van der Waals surface area contributed by atoms with Gasteiger partial charge in [0.2, 0.25) is 0 Å². The van der Waals surface area contributed by atoms with Crippen molar-refractivity contribution in [2.75, 3.05) is 11.4 Å². The second-order valence-corrected chi connectivity index (χ2v) is 2.20. The Kier molecular flexibility index (Phi) is 0.395. The first-order valence-corrected chi connectivity index (χ1v) is 3.20. The van der Waals surface area contributed by atoms with Crippen LogP contribution in [0.15, 0.2) is 36.3 Å². The van der Waals surface area contributed by atoms with Crippen LogP contribution in [-0.2, 0) is 0 Å². The van der Waals surface area contributed by atoms with Crippen LogP contribution in [0, 0.1) is 0 Å². The first kappa shape index (κ1) is 1.96. The van der Waals surface area contributed by atoms with Gasteiger partial charge in [0.1, 0.15) is 0 Å². The summed E-state index contributed by atoms with van der Waals surface area (Å²) in [7, 11) is 0. The highest BCUT2D eigenvalue weighted by atomic mass is 14.6. The summed E-state index contributed by atoms with van der Waals surface area (Å²) in [6.07, 6.45) is 0. The maximum atomic E-state index is 7.86. The molecule has 0 saturated carbocycles. The lowest BCUT2D eigenvalue weighted by atomic mass is 10.1. The van der Waals surface area contributed by atoms with Crippen LogP contribution in [0.5, 0.6) is 0 Å². The third-order valence-corrected chi connectivity index (χ3v) is 1.46. The molecular weight excluding hydrogens is 148 g/mol. The normalized spacial score (nSPS) is 21.3. The summed E-state index contributed by atoms with van der Waals surface area (Å²) in [5.74, 6) is 0. The highest BCUT2D eigenvalue weighted by molar-refractivity contribution is 6.01. The Hall–Kier alpha value is -1.70. The fourth-order valence-corrected chi connectivity index (χ4v) is 0.936. The Morgan fingerprint density at radius 3 is 2.08 bits per heavy atom. The molecule has 12 heavy (non-hydrogen) atoms. The lowest BCUT2D eigenvalue weighted by Gasteiger charge is -2.03. The van der Waals surface area contributed by atoms with Crippen molar-refractivity contribution in [3.63, 3.8) is 0 Å². The fourth-order valence-electron chi connectivity index (χ4n) is 0.936. The van der Waals surface area contributed by atoms with E-state index in [1.54, 1.807) is 0 Å². The highest BCUT2D eigenvalue weighted by Crippen LogP contribution is 2.25. The van der Waals surface area contributed by atoms with E-state index in [-0.39, 0.29) is 22.2 Å². The topological polar surface area (TPSA) is 52.0 Å². The second kappa shape index (κ2) is 2.41. The van der Waals surface area contributed by atoms with Crippen molar-refractivity contribution in [1.29, 1.82) is 0 Å². The Bertz CT molecular complexity index is 712. The maximum Gasteiger partial charge on any atom is 0.156 e. The maximum absolute atomic E-state index is 7.86. The molecule has 2 aromatic carbocycles. The third kappa shape index (κ3) is 0.889. The van der Waals surface area contributed by atoms with E-state index in [0.717, 1.165) is 0 Å². The molecule has 2 aromatic rings. The number of fused-ring (bicyclic) bond motifs is 1. The molecule has 0 unspecified atom stereocenters. The molecule has 0 fully saturated rings. The molecule has 0 atom stereocenters. The summed E-state index contributed by atoms with van der Waals surface area (Å²) in [4.78, 5) is 0. The number of nitrogens with two attached hydrogens (primary N) is 2. The highest BCUT2D eigenvalue weighted by Gasteiger charge is 1.98. The lowest BCUT2D eigenvalue weighted by Crippen LogP contribution is -1.91. The summed E-state index contributed by atoms with van der Waals surface area (Å²) >= 11 is 0. The fraction of sp³-hybridized carbons (Fsp3) is 0. The molecule has 0 aromatic heterocycles. The molecule has 0 aliphatic rings. The minimum absolute atomic E-state index is 0.0162. The largest absolute Gasteiger partial charge is 0.398 e. The van der Waals surface area contributed by atoms with E-state index in [9.17, 15) is 0 Å². The minimum Gasteiger partial charge on any atom is -0.398 e. The van der Waals surface area contributed by atoms with Gasteiger partial charge < -0.3 is 11.4 Å². The number of rotatable bonds is 2. The number of nitrogen functional groups attached to an aromatic ring is 2. The Morgan fingerprint density at radius 2 is 1.58 bits per heavy atom. The van der Waals surface area contributed by atoms with Crippen LogP contribution >= 0.6 is 0 Å². The van der Waals surface area contributed by atoms with Crippen LogP contribution in [0.3, 0.4) is 0 Å². The first-order valence-electron chi connectivity index (χ1n) is 7.99. The molecule has 0 amide bonds. The van der Waals surface area contributed by atoms with E-state index in [2.05, 4.69) is 0 Å². The SMILES string of the molecule is [2H]c1c([2H])c(N([2H])[2H])c2c(N([2H])[2H])c([2H])c([2H])c([2H])c2c1[2H]. The Balaban J connectivity index is 3.27. The summed E-state index contributed by atoms with van der Waals surface area (Å²) in [6.45, 7) is 0. The van der Waals surface area contributed by atoms with Crippen LogP contribution in [0.4, 0.5) is 11.4 Å². The molecule has 4 N–H and O–H groups in total. The summed E-state index contributed by atoms with van der Waals surface area (Å²) in [6, 6.07) is -3.72. The summed E-state index contributed by atoms with van der Waals surface area (Å²) in [5.41, 5.74) is -1.06. The van der Waals surface area contributed by atoms with E-state index in [4.69, 9.17) is 13.9 Å². The first-order chi connectivity index (χ1) is 10.1. The van der Waals surface area contributed by atoms with E-state index >= 15 is 0 Å². The standard InChI is InChI=1S/C10H10N2/c11-8-5-1-3-7-4-2-6-9(12)10(7)8/h1-6H,11-12H2/i1D,2D,3D,4D,5D,6D/hD4. The van der Waals surface area contributed by atoms with Crippen LogP contribution in [0.2, 0.25) is 5.65 Å². The van der Waals surface area contributed by atoms with Crippen molar-refractivity contribution in [3.05, 3.63) is 36.3 Å². The van der Waals surface area contributed by atoms with Crippen LogP contribution < -0.4 is 11.4 Å². The predicted molar refractivity (Wildman–Crippen MR) is 52.8 cm³/mol. The van der Waals surface area contributed by atoms with E-state index in [1.807, 2.05) is 0 Å². The molecule has 0 radical (unpaired) electrons. The van der Waals surface area contributed by atoms with Gasteiger partial charge in [-0.05, 0) is 17.5 Å². The smallest absolute Gasteiger partial charge is 0.156 e. The van der Waals surface area contributed by atoms with Gasteiger partial charge in [0, 0.05) is 16.8 Å². The van der Waals surface area contributed by atoms with Gasteiger partial charge in [-0.3, -0.25) is 0 Å². The Labute approximate surface area is 85.1 Å². The van der Waals surface area contributed by atoms with Crippen molar-refractivity contribution < 1.29 is 13.9 Å². The predicted octanol–water partition coefficient (Wildman–Crippen LogP) is 2.00. The summed E-state index contributed by atoms with van der Waals surface area (Å²) < 4.78 is 76.1. The monoisotopic (exact) mass is 168 g/mol. The van der Waals surface area contributed by atoms with Crippen molar-refractivity contribution in [2.45, 2.75) is 0 Å². The van der Waals surface area contributed by atoms with Gasteiger partial charge in [0.25, 0.3) is 0 Å². The molecule has 0 aliphatic heterocycles. The van der Waals surface area contributed by atoms with Gasteiger partial charge in [-0.25, -0.2) is 0 Å². The minimum atomic E-state index is -0.651. The lowest BCUT2D eigenvalue weighted by molar-refractivity contribution is 1.71. The molecule has 0 heterocycles. The van der Waals surface area contributed by atoms with Gasteiger partial charge in [0.15, 0.2) is 5.65 Å². The van der Waals surface area contributed by atoms with Crippen LogP contribution in [0.1, 0.15) is 8.22 Å². The number of benzene rings is 2. The second-order valence-electron chi connectivity index (χ2n) is 2.20. The van der Waals surface area contributed by atoms with Crippen molar-refractivity contribution in [3.8, 4) is 0 Å². The van der Waals surface area contributed by atoms with E-state index < -0.39 is 47.6 Å². The molecule has 0 saturated heterocycles. The van der Waals surface area contributed by atoms with Gasteiger partial charge in [-0.15, -0.1) is 0 Å². The molecule has 2 heteroatoms. The van der Waals surface area contributed by atoms with Gasteiger partial charge in [-0.1, -0.05) is 24.2 Å².